The van der Waals surface area contributed by atoms with E-state index in [1.165, 1.54) is 10.1 Å². The van der Waals surface area contributed by atoms with Crippen LogP contribution in [0.4, 0.5) is 0 Å². The van der Waals surface area contributed by atoms with Gasteiger partial charge in [-0.25, -0.2) is 0 Å². The Morgan fingerprint density at radius 2 is 1.90 bits per heavy atom. The Kier molecular flexibility index (Phi) is 4.74. The summed E-state index contributed by atoms with van der Waals surface area (Å²) in [5.74, 6) is 0. The number of aliphatic hydroxyl groups is 1. The highest BCUT2D eigenvalue weighted by Crippen LogP contribution is 2.16. The second kappa shape index (κ2) is 6.53. The maximum atomic E-state index is 11.8. The fourth-order valence-electron chi connectivity index (χ4n) is 2.24. The molecule has 1 atom stereocenters. The predicted octanol–water partition coefficient (Wildman–Crippen LogP) is 2.84. The van der Waals surface area contributed by atoms with Gasteiger partial charge < -0.3 is 9.67 Å². The molecule has 1 N–H and O–H groups in total. The van der Waals surface area contributed by atoms with Crippen molar-refractivity contribution < 1.29 is 5.11 Å². The SMILES string of the molecule is CCCc1ccc(C(O)Cn2ccc(C)cc2=O)cc1. The summed E-state index contributed by atoms with van der Waals surface area (Å²) >= 11 is 0. The standard InChI is InChI=1S/C17H21NO2/c1-3-4-14-5-7-15(8-6-14)16(19)12-18-10-9-13(2)11-17(18)20/h5-11,16,19H,3-4,12H2,1-2H3. The summed E-state index contributed by atoms with van der Waals surface area (Å²) < 4.78 is 1.54. The van der Waals surface area contributed by atoms with E-state index in [0.29, 0.717) is 0 Å². The third-order valence-electron chi connectivity index (χ3n) is 3.42. The molecule has 1 aromatic carbocycles. The van der Waals surface area contributed by atoms with Gasteiger partial charge in [0.05, 0.1) is 12.6 Å². The van der Waals surface area contributed by atoms with Crippen LogP contribution in [0.15, 0.2) is 47.4 Å². The van der Waals surface area contributed by atoms with Crippen molar-refractivity contribution in [3.05, 3.63) is 69.6 Å². The number of benzene rings is 1. The molecule has 20 heavy (non-hydrogen) atoms. The topological polar surface area (TPSA) is 42.2 Å². The number of hydrogen-bond acceptors (Lipinski definition) is 2. The van der Waals surface area contributed by atoms with Crippen molar-refractivity contribution in [3.8, 4) is 0 Å². The average molecular weight is 271 g/mol. The molecule has 0 aliphatic heterocycles. The number of aliphatic hydroxyl groups excluding tert-OH is 1. The number of hydrogen-bond donors (Lipinski definition) is 1. The van der Waals surface area contributed by atoms with Crippen LogP contribution in [0.25, 0.3) is 0 Å². The number of aryl methyl sites for hydroxylation is 2. The lowest BCUT2D eigenvalue weighted by Gasteiger charge is -2.13. The van der Waals surface area contributed by atoms with E-state index in [2.05, 4.69) is 6.92 Å². The van der Waals surface area contributed by atoms with E-state index < -0.39 is 6.10 Å². The maximum Gasteiger partial charge on any atom is 0.250 e. The highest BCUT2D eigenvalue weighted by Gasteiger charge is 2.09. The molecule has 0 saturated heterocycles. The van der Waals surface area contributed by atoms with Crippen molar-refractivity contribution in [2.45, 2.75) is 39.3 Å². The van der Waals surface area contributed by atoms with E-state index in [-0.39, 0.29) is 12.1 Å². The van der Waals surface area contributed by atoms with Gasteiger partial charge in [-0.2, -0.15) is 0 Å². The van der Waals surface area contributed by atoms with Gasteiger partial charge in [0.15, 0.2) is 0 Å². The minimum atomic E-state index is -0.661. The van der Waals surface area contributed by atoms with Crippen molar-refractivity contribution in [1.29, 1.82) is 0 Å². The van der Waals surface area contributed by atoms with Gasteiger partial charge in [-0.3, -0.25) is 4.79 Å². The molecule has 0 radical (unpaired) electrons. The molecule has 3 nitrogen and oxygen atoms in total. The van der Waals surface area contributed by atoms with Gasteiger partial charge in [-0.05, 0) is 36.1 Å². The lowest BCUT2D eigenvalue weighted by Crippen LogP contribution is -2.22. The van der Waals surface area contributed by atoms with Gasteiger partial charge in [0.2, 0.25) is 0 Å². The van der Waals surface area contributed by atoms with Gasteiger partial charge in [0, 0.05) is 12.3 Å². The molecule has 0 fully saturated rings. The summed E-state index contributed by atoms with van der Waals surface area (Å²) in [5.41, 5.74) is 2.98. The molecular weight excluding hydrogens is 250 g/mol. The highest BCUT2D eigenvalue weighted by molar-refractivity contribution is 5.24. The van der Waals surface area contributed by atoms with Crippen LogP contribution in [0, 0.1) is 6.92 Å². The van der Waals surface area contributed by atoms with Crippen molar-refractivity contribution in [1.82, 2.24) is 4.57 Å². The Labute approximate surface area is 119 Å². The van der Waals surface area contributed by atoms with E-state index in [0.717, 1.165) is 24.0 Å². The first-order chi connectivity index (χ1) is 9.60. The molecule has 1 aromatic heterocycles. The average Bonchev–Trinajstić information content (AvgIpc) is 2.43. The third kappa shape index (κ3) is 3.58. The molecule has 0 aliphatic rings. The largest absolute Gasteiger partial charge is 0.387 e. The molecule has 1 unspecified atom stereocenters. The van der Waals surface area contributed by atoms with Crippen LogP contribution in [0.1, 0.15) is 36.1 Å². The molecule has 1 heterocycles. The lowest BCUT2D eigenvalue weighted by molar-refractivity contribution is 0.155. The summed E-state index contributed by atoms with van der Waals surface area (Å²) in [5, 5.41) is 10.2. The van der Waals surface area contributed by atoms with Crippen molar-refractivity contribution >= 4 is 0 Å². The van der Waals surface area contributed by atoms with E-state index in [9.17, 15) is 9.90 Å². The first kappa shape index (κ1) is 14.5. The van der Waals surface area contributed by atoms with Crippen molar-refractivity contribution in [2.24, 2.45) is 0 Å². The van der Waals surface area contributed by atoms with Gasteiger partial charge in [0.1, 0.15) is 0 Å². The Bertz CT molecular complexity index is 614. The molecule has 2 aromatic rings. The third-order valence-corrected chi connectivity index (χ3v) is 3.42. The minimum Gasteiger partial charge on any atom is -0.387 e. The van der Waals surface area contributed by atoms with Gasteiger partial charge in [-0.15, -0.1) is 0 Å². The zero-order valence-electron chi connectivity index (χ0n) is 12.0. The van der Waals surface area contributed by atoms with E-state index in [1.54, 1.807) is 12.3 Å². The Morgan fingerprint density at radius 3 is 2.50 bits per heavy atom. The molecule has 0 aliphatic carbocycles. The van der Waals surface area contributed by atoms with Crippen molar-refractivity contribution in [2.75, 3.05) is 0 Å². The molecular formula is C17H21NO2. The van der Waals surface area contributed by atoms with Crippen LogP contribution in [0.3, 0.4) is 0 Å². The van der Waals surface area contributed by atoms with E-state index in [4.69, 9.17) is 0 Å². The molecule has 0 bridgehead atoms. The van der Waals surface area contributed by atoms with E-state index >= 15 is 0 Å². The zero-order valence-corrected chi connectivity index (χ0v) is 12.0. The number of rotatable bonds is 5. The molecule has 106 valence electrons. The molecule has 3 heteroatoms. The fourth-order valence-corrected chi connectivity index (χ4v) is 2.24. The summed E-state index contributed by atoms with van der Waals surface area (Å²) in [4.78, 5) is 11.8. The minimum absolute atomic E-state index is 0.0772. The van der Waals surface area contributed by atoms with Gasteiger partial charge >= 0.3 is 0 Å². The quantitative estimate of drug-likeness (QED) is 0.908. The summed E-state index contributed by atoms with van der Waals surface area (Å²) in [6.07, 6.45) is 3.23. The van der Waals surface area contributed by atoms with Gasteiger partial charge in [0.25, 0.3) is 5.56 Å². The van der Waals surface area contributed by atoms with Crippen LogP contribution in [-0.2, 0) is 13.0 Å². The number of pyridine rings is 1. The number of aromatic nitrogens is 1. The molecule has 0 amide bonds. The van der Waals surface area contributed by atoms with Crippen LogP contribution in [-0.4, -0.2) is 9.67 Å². The normalized spacial score (nSPS) is 12.3. The van der Waals surface area contributed by atoms with Crippen LogP contribution >= 0.6 is 0 Å². The van der Waals surface area contributed by atoms with Crippen LogP contribution in [0.2, 0.25) is 0 Å². The first-order valence-electron chi connectivity index (χ1n) is 7.04. The predicted molar refractivity (Wildman–Crippen MR) is 80.8 cm³/mol. The van der Waals surface area contributed by atoms with Crippen molar-refractivity contribution in [3.63, 3.8) is 0 Å². The monoisotopic (exact) mass is 271 g/mol. The summed E-state index contributed by atoms with van der Waals surface area (Å²) in [6, 6.07) is 11.4. The van der Waals surface area contributed by atoms with Crippen LogP contribution < -0.4 is 5.56 Å². The van der Waals surface area contributed by atoms with Crippen LogP contribution in [0.5, 0.6) is 0 Å². The molecule has 0 saturated carbocycles. The Balaban J connectivity index is 2.11. The maximum absolute atomic E-state index is 11.8. The second-order valence-corrected chi connectivity index (χ2v) is 5.20. The Morgan fingerprint density at radius 1 is 1.20 bits per heavy atom. The van der Waals surface area contributed by atoms with E-state index in [1.807, 2.05) is 37.3 Å². The number of nitrogens with zero attached hydrogens (tertiary/aromatic N) is 1. The van der Waals surface area contributed by atoms with Gasteiger partial charge in [-0.1, -0.05) is 37.6 Å². The Hall–Kier alpha value is -1.87. The molecule has 0 spiro atoms. The second-order valence-electron chi connectivity index (χ2n) is 5.20. The highest BCUT2D eigenvalue weighted by atomic mass is 16.3. The summed E-state index contributed by atoms with van der Waals surface area (Å²) in [7, 11) is 0. The lowest BCUT2D eigenvalue weighted by atomic mass is 10.0. The zero-order chi connectivity index (χ0) is 14.5. The smallest absolute Gasteiger partial charge is 0.250 e. The first-order valence-corrected chi connectivity index (χ1v) is 7.04. The summed E-state index contributed by atoms with van der Waals surface area (Å²) in [6.45, 7) is 4.31. The molecule has 2 rings (SSSR count). The fraction of sp³-hybridized carbons (Fsp3) is 0.353.